The maximum atomic E-state index is 12.0. The number of nitrogens with one attached hydrogen (secondary N) is 2. The molecule has 2 aromatic rings. The summed E-state index contributed by atoms with van der Waals surface area (Å²) in [6, 6.07) is 14.0. The summed E-state index contributed by atoms with van der Waals surface area (Å²) in [6.45, 7) is 2.59. The second-order valence-corrected chi connectivity index (χ2v) is 4.47. The lowest BCUT2D eigenvalue weighted by atomic mass is 10.1. The van der Waals surface area contributed by atoms with E-state index in [-0.39, 0.29) is 11.8 Å². The first-order valence-electron chi connectivity index (χ1n) is 6.15. The zero-order valence-corrected chi connectivity index (χ0v) is 10.7. The summed E-state index contributed by atoms with van der Waals surface area (Å²) in [5.74, 6) is -0.00493. The van der Waals surface area contributed by atoms with Gasteiger partial charge in [-0.25, -0.2) is 0 Å². The maximum Gasteiger partial charge on any atom is 0.228 e. The predicted octanol–water partition coefficient (Wildman–Crippen LogP) is 2.63. The highest BCUT2D eigenvalue weighted by Gasteiger charge is 2.12. The fraction of sp³-hybridized carbons (Fsp3) is 0.267. The minimum Gasteiger partial charge on any atom is -0.325 e. The van der Waals surface area contributed by atoms with Gasteiger partial charge in [-0.3, -0.25) is 4.79 Å². The lowest BCUT2D eigenvalue weighted by molar-refractivity contribution is -0.119. The van der Waals surface area contributed by atoms with Gasteiger partial charge in [-0.15, -0.1) is 0 Å². The van der Waals surface area contributed by atoms with Crippen molar-refractivity contribution in [3.05, 3.63) is 42.5 Å². The highest BCUT2D eigenvalue weighted by atomic mass is 16.1. The molecule has 0 fully saturated rings. The quantitative estimate of drug-likeness (QED) is 0.865. The van der Waals surface area contributed by atoms with Crippen molar-refractivity contribution in [3.63, 3.8) is 0 Å². The standard InChI is InChI=1S/C15H18N2O/c1-11(10-16-2)15(18)17-14-9-5-7-12-6-3-4-8-13(12)14/h3-9,11,16H,10H2,1-2H3,(H,17,18). The molecule has 0 saturated carbocycles. The topological polar surface area (TPSA) is 41.1 Å². The number of amides is 1. The van der Waals surface area contributed by atoms with E-state index in [0.717, 1.165) is 16.5 Å². The van der Waals surface area contributed by atoms with E-state index < -0.39 is 0 Å². The molecule has 0 radical (unpaired) electrons. The number of hydrogen-bond acceptors (Lipinski definition) is 2. The molecular formula is C15H18N2O. The van der Waals surface area contributed by atoms with E-state index in [2.05, 4.69) is 10.6 Å². The van der Waals surface area contributed by atoms with E-state index in [1.54, 1.807) is 0 Å². The van der Waals surface area contributed by atoms with Crippen LogP contribution in [0.2, 0.25) is 0 Å². The van der Waals surface area contributed by atoms with E-state index in [1.807, 2.05) is 56.4 Å². The van der Waals surface area contributed by atoms with Gasteiger partial charge in [0, 0.05) is 23.5 Å². The summed E-state index contributed by atoms with van der Waals surface area (Å²) < 4.78 is 0. The second-order valence-electron chi connectivity index (χ2n) is 4.47. The summed E-state index contributed by atoms with van der Waals surface area (Å²) in [4.78, 5) is 12.0. The SMILES string of the molecule is CNCC(C)C(=O)Nc1cccc2ccccc12. The van der Waals surface area contributed by atoms with Crippen LogP contribution in [0.25, 0.3) is 10.8 Å². The number of fused-ring (bicyclic) bond motifs is 1. The van der Waals surface area contributed by atoms with Crippen molar-refractivity contribution in [2.24, 2.45) is 5.92 Å². The molecule has 0 aliphatic heterocycles. The van der Waals surface area contributed by atoms with Crippen LogP contribution in [0.5, 0.6) is 0 Å². The molecule has 2 N–H and O–H groups in total. The normalized spacial score (nSPS) is 12.3. The fourth-order valence-electron chi connectivity index (χ4n) is 1.99. The first kappa shape index (κ1) is 12.6. The van der Waals surface area contributed by atoms with E-state index >= 15 is 0 Å². The molecule has 2 aromatic carbocycles. The van der Waals surface area contributed by atoms with Crippen molar-refractivity contribution in [2.45, 2.75) is 6.92 Å². The van der Waals surface area contributed by atoms with Crippen LogP contribution in [-0.4, -0.2) is 19.5 Å². The first-order chi connectivity index (χ1) is 8.72. The van der Waals surface area contributed by atoms with Gasteiger partial charge in [0.25, 0.3) is 0 Å². The Hall–Kier alpha value is -1.87. The molecule has 2 rings (SSSR count). The Labute approximate surface area is 107 Å². The molecule has 0 bridgehead atoms. The minimum atomic E-state index is -0.0473. The summed E-state index contributed by atoms with van der Waals surface area (Å²) in [5.41, 5.74) is 0.876. The molecule has 0 heterocycles. The predicted molar refractivity (Wildman–Crippen MR) is 75.7 cm³/mol. The summed E-state index contributed by atoms with van der Waals surface area (Å²) >= 11 is 0. The Bertz CT molecular complexity index is 546. The average Bonchev–Trinajstić information content (AvgIpc) is 2.39. The highest BCUT2D eigenvalue weighted by molar-refractivity contribution is 6.02. The Morgan fingerprint density at radius 3 is 2.67 bits per heavy atom. The molecular weight excluding hydrogens is 224 g/mol. The number of anilines is 1. The van der Waals surface area contributed by atoms with Crippen LogP contribution >= 0.6 is 0 Å². The molecule has 0 aromatic heterocycles. The number of hydrogen-bond donors (Lipinski definition) is 2. The number of benzene rings is 2. The Balaban J connectivity index is 2.24. The molecule has 3 nitrogen and oxygen atoms in total. The zero-order chi connectivity index (χ0) is 13.0. The van der Waals surface area contributed by atoms with Gasteiger partial charge in [0.2, 0.25) is 5.91 Å². The van der Waals surface area contributed by atoms with Crippen LogP contribution in [0.4, 0.5) is 5.69 Å². The summed E-state index contributed by atoms with van der Waals surface area (Å²) in [6.07, 6.45) is 0. The van der Waals surface area contributed by atoms with Crippen LogP contribution in [0.15, 0.2) is 42.5 Å². The van der Waals surface area contributed by atoms with Crippen LogP contribution in [0, 0.1) is 5.92 Å². The highest BCUT2D eigenvalue weighted by Crippen LogP contribution is 2.23. The third kappa shape index (κ3) is 2.68. The monoisotopic (exact) mass is 242 g/mol. The Kier molecular flexibility index (Phi) is 3.95. The first-order valence-corrected chi connectivity index (χ1v) is 6.15. The van der Waals surface area contributed by atoms with Crippen LogP contribution in [0.1, 0.15) is 6.92 Å². The van der Waals surface area contributed by atoms with E-state index in [9.17, 15) is 4.79 Å². The third-order valence-electron chi connectivity index (χ3n) is 3.01. The molecule has 0 saturated heterocycles. The second kappa shape index (κ2) is 5.65. The summed E-state index contributed by atoms with van der Waals surface area (Å²) in [5, 5.41) is 8.21. The van der Waals surface area contributed by atoms with Crippen molar-refractivity contribution in [1.82, 2.24) is 5.32 Å². The van der Waals surface area contributed by atoms with Gasteiger partial charge in [-0.1, -0.05) is 43.3 Å². The third-order valence-corrected chi connectivity index (χ3v) is 3.01. The van der Waals surface area contributed by atoms with Gasteiger partial charge in [-0.2, -0.15) is 0 Å². The lowest BCUT2D eigenvalue weighted by Gasteiger charge is -2.13. The smallest absolute Gasteiger partial charge is 0.228 e. The molecule has 1 unspecified atom stereocenters. The van der Waals surface area contributed by atoms with Crippen molar-refractivity contribution < 1.29 is 4.79 Å². The fourth-order valence-corrected chi connectivity index (χ4v) is 1.99. The zero-order valence-electron chi connectivity index (χ0n) is 10.7. The van der Waals surface area contributed by atoms with Crippen molar-refractivity contribution in [1.29, 1.82) is 0 Å². The van der Waals surface area contributed by atoms with Crippen molar-refractivity contribution >= 4 is 22.4 Å². The number of carbonyl (C=O) groups excluding carboxylic acids is 1. The summed E-state index contributed by atoms with van der Waals surface area (Å²) in [7, 11) is 1.85. The van der Waals surface area contributed by atoms with Gasteiger partial charge in [-0.05, 0) is 18.5 Å². The van der Waals surface area contributed by atoms with Gasteiger partial charge in [0.1, 0.15) is 0 Å². The minimum absolute atomic E-state index is 0.0423. The average molecular weight is 242 g/mol. The number of carbonyl (C=O) groups is 1. The molecule has 3 heteroatoms. The van der Waals surface area contributed by atoms with E-state index in [1.165, 1.54) is 0 Å². The lowest BCUT2D eigenvalue weighted by Crippen LogP contribution is -2.28. The maximum absolute atomic E-state index is 12.0. The number of rotatable bonds is 4. The van der Waals surface area contributed by atoms with Crippen LogP contribution in [-0.2, 0) is 4.79 Å². The van der Waals surface area contributed by atoms with Gasteiger partial charge >= 0.3 is 0 Å². The van der Waals surface area contributed by atoms with E-state index in [0.29, 0.717) is 6.54 Å². The molecule has 0 aliphatic carbocycles. The molecule has 94 valence electrons. The van der Waals surface area contributed by atoms with Crippen molar-refractivity contribution in [3.8, 4) is 0 Å². The van der Waals surface area contributed by atoms with Crippen LogP contribution in [0.3, 0.4) is 0 Å². The van der Waals surface area contributed by atoms with Crippen molar-refractivity contribution in [2.75, 3.05) is 18.9 Å². The Morgan fingerprint density at radius 1 is 1.17 bits per heavy atom. The molecule has 1 amide bonds. The van der Waals surface area contributed by atoms with Crippen LogP contribution < -0.4 is 10.6 Å². The van der Waals surface area contributed by atoms with Gasteiger partial charge in [0.15, 0.2) is 0 Å². The largest absolute Gasteiger partial charge is 0.325 e. The molecule has 0 aliphatic rings. The Morgan fingerprint density at radius 2 is 1.89 bits per heavy atom. The van der Waals surface area contributed by atoms with E-state index in [4.69, 9.17) is 0 Å². The molecule has 0 spiro atoms. The molecule has 18 heavy (non-hydrogen) atoms. The van der Waals surface area contributed by atoms with Gasteiger partial charge < -0.3 is 10.6 Å². The molecule has 1 atom stereocenters. The van der Waals surface area contributed by atoms with Gasteiger partial charge in [0.05, 0.1) is 0 Å².